The van der Waals surface area contributed by atoms with E-state index >= 15 is 0 Å². The standard InChI is InChI=1S/C13H29N3O/c1-6-15-13(4,12(14)17)9-7-8-10-16(5)11(2)3/h11,15H,6-10H2,1-5H3,(H2,14,17). The number of nitrogens with one attached hydrogen (secondary N) is 1. The van der Waals surface area contributed by atoms with Crippen molar-refractivity contribution in [3.63, 3.8) is 0 Å². The maximum atomic E-state index is 11.4. The van der Waals surface area contributed by atoms with E-state index in [1.165, 1.54) is 0 Å². The molecule has 0 bridgehead atoms. The predicted molar refractivity (Wildman–Crippen MR) is 72.9 cm³/mol. The van der Waals surface area contributed by atoms with Crippen LogP contribution >= 0.6 is 0 Å². The highest BCUT2D eigenvalue weighted by atomic mass is 16.1. The summed E-state index contributed by atoms with van der Waals surface area (Å²) >= 11 is 0. The number of nitrogens with zero attached hydrogens (tertiary/aromatic N) is 1. The summed E-state index contributed by atoms with van der Waals surface area (Å²) in [5.74, 6) is -0.253. The highest BCUT2D eigenvalue weighted by Gasteiger charge is 2.28. The van der Waals surface area contributed by atoms with Gasteiger partial charge >= 0.3 is 0 Å². The molecule has 4 heteroatoms. The van der Waals surface area contributed by atoms with E-state index in [1.54, 1.807) is 0 Å². The van der Waals surface area contributed by atoms with Crippen LogP contribution in [0.2, 0.25) is 0 Å². The van der Waals surface area contributed by atoms with E-state index in [0.29, 0.717) is 6.04 Å². The number of likely N-dealkylation sites (N-methyl/N-ethyl adjacent to an activating group) is 1. The molecule has 4 nitrogen and oxygen atoms in total. The molecule has 0 spiro atoms. The molecule has 0 aliphatic heterocycles. The molecule has 0 aromatic heterocycles. The van der Waals surface area contributed by atoms with Crippen LogP contribution in [0.5, 0.6) is 0 Å². The Balaban J connectivity index is 3.95. The third kappa shape index (κ3) is 6.03. The summed E-state index contributed by atoms with van der Waals surface area (Å²) in [6.07, 6.45) is 2.93. The van der Waals surface area contributed by atoms with Gasteiger partial charge in [-0.05, 0) is 60.2 Å². The van der Waals surface area contributed by atoms with Gasteiger partial charge in [-0.15, -0.1) is 0 Å². The van der Waals surface area contributed by atoms with E-state index in [9.17, 15) is 4.79 Å². The number of rotatable bonds is 9. The van der Waals surface area contributed by atoms with Crippen LogP contribution in [0.25, 0.3) is 0 Å². The van der Waals surface area contributed by atoms with Crippen LogP contribution < -0.4 is 11.1 Å². The van der Waals surface area contributed by atoms with Crippen molar-refractivity contribution in [1.29, 1.82) is 0 Å². The van der Waals surface area contributed by atoms with Crippen molar-refractivity contribution in [3.05, 3.63) is 0 Å². The zero-order valence-electron chi connectivity index (χ0n) is 12.0. The van der Waals surface area contributed by atoms with Crippen molar-refractivity contribution in [2.75, 3.05) is 20.1 Å². The highest BCUT2D eigenvalue weighted by Crippen LogP contribution is 2.13. The number of nitrogens with two attached hydrogens (primary N) is 1. The molecule has 0 aliphatic carbocycles. The average Bonchev–Trinajstić information content (AvgIpc) is 2.24. The second-order valence-electron chi connectivity index (χ2n) is 5.26. The Bertz CT molecular complexity index is 231. The smallest absolute Gasteiger partial charge is 0.237 e. The summed E-state index contributed by atoms with van der Waals surface area (Å²) < 4.78 is 0. The van der Waals surface area contributed by atoms with Crippen molar-refractivity contribution in [2.24, 2.45) is 5.73 Å². The molecule has 1 unspecified atom stereocenters. The number of carbonyl (C=O) groups excluding carboxylic acids is 1. The summed E-state index contributed by atoms with van der Waals surface area (Å²) in [5, 5.41) is 3.18. The first-order chi connectivity index (χ1) is 7.83. The molecule has 0 aromatic carbocycles. The van der Waals surface area contributed by atoms with Crippen molar-refractivity contribution in [3.8, 4) is 0 Å². The minimum absolute atomic E-state index is 0.253. The third-order valence-corrected chi connectivity index (χ3v) is 3.43. The molecule has 1 atom stereocenters. The van der Waals surface area contributed by atoms with Crippen LogP contribution in [-0.4, -0.2) is 42.5 Å². The average molecular weight is 243 g/mol. The third-order valence-electron chi connectivity index (χ3n) is 3.43. The summed E-state index contributed by atoms with van der Waals surface area (Å²) in [6, 6.07) is 0.575. The Kier molecular flexibility index (Phi) is 7.39. The first-order valence-electron chi connectivity index (χ1n) is 6.58. The molecule has 0 fully saturated rings. The molecular weight excluding hydrogens is 214 g/mol. The molecule has 0 heterocycles. The second kappa shape index (κ2) is 7.67. The van der Waals surface area contributed by atoms with Crippen LogP contribution in [-0.2, 0) is 4.79 Å². The second-order valence-corrected chi connectivity index (χ2v) is 5.26. The van der Waals surface area contributed by atoms with Crippen molar-refractivity contribution in [2.45, 2.75) is 58.5 Å². The van der Waals surface area contributed by atoms with Gasteiger partial charge in [-0.3, -0.25) is 4.79 Å². The first-order valence-corrected chi connectivity index (χ1v) is 6.58. The van der Waals surface area contributed by atoms with Gasteiger partial charge in [0.15, 0.2) is 0 Å². The molecule has 0 radical (unpaired) electrons. The monoisotopic (exact) mass is 243 g/mol. The fraction of sp³-hybridized carbons (Fsp3) is 0.923. The Morgan fingerprint density at radius 2 is 2.00 bits per heavy atom. The summed E-state index contributed by atoms with van der Waals surface area (Å²) in [6.45, 7) is 10.1. The van der Waals surface area contributed by atoms with Crippen LogP contribution in [0.4, 0.5) is 0 Å². The molecular formula is C13H29N3O. The van der Waals surface area contributed by atoms with Crippen molar-refractivity contribution < 1.29 is 4.79 Å². The van der Waals surface area contributed by atoms with Gasteiger partial charge in [0.25, 0.3) is 0 Å². The Labute approximate surface area is 106 Å². The Morgan fingerprint density at radius 3 is 2.41 bits per heavy atom. The molecule has 17 heavy (non-hydrogen) atoms. The normalized spacial score (nSPS) is 15.2. The molecule has 0 rings (SSSR count). The Hall–Kier alpha value is -0.610. The lowest BCUT2D eigenvalue weighted by Gasteiger charge is -2.27. The van der Waals surface area contributed by atoms with Crippen molar-refractivity contribution >= 4 is 5.91 Å². The Morgan fingerprint density at radius 1 is 1.41 bits per heavy atom. The van der Waals surface area contributed by atoms with E-state index in [1.807, 2.05) is 13.8 Å². The fourth-order valence-electron chi connectivity index (χ4n) is 1.79. The van der Waals surface area contributed by atoms with Crippen LogP contribution in [0.3, 0.4) is 0 Å². The molecule has 3 N–H and O–H groups in total. The first kappa shape index (κ1) is 16.4. The minimum Gasteiger partial charge on any atom is -0.368 e. The quantitative estimate of drug-likeness (QED) is 0.601. The summed E-state index contributed by atoms with van der Waals surface area (Å²) in [7, 11) is 2.13. The van der Waals surface area contributed by atoms with E-state index in [-0.39, 0.29) is 5.91 Å². The number of unbranched alkanes of at least 4 members (excludes halogenated alkanes) is 1. The van der Waals surface area contributed by atoms with E-state index in [0.717, 1.165) is 32.4 Å². The minimum atomic E-state index is -0.550. The topological polar surface area (TPSA) is 58.4 Å². The lowest BCUT2D eigenvalue weighted by molar-refractivity contribution is -0.124. The van der Waals surface area contributed by atoms with Gasteiger partial charge in [-0.2, -0.15) is 0 Å². The van der Waals surface area contributed by atoms with Gasteiger partial charge in [0.05, 0.1) is 5.54 Å². The zero-order valence-corrected chi connectivity index (χ0v) is 12.0. The molecule has 0 saturated carbocycles. The van der Waals surface area contributed by atoms with Gasteiger partial charge < -0.3 is 16.0 Å². The van der Waals surface area contributed by atoms with E-state index in [2.05, 4.69) is 31.1 Å². The molecule has 1 amide bonds. The molecule has 102 valence electrons. The molecule has 0 saturated heterocycles. The highest BCUT2D eigenvalue weighted by molar-refractivity contribution is 5.84. The van der Waals surface area contributed by atoms with Crippen LogP contribution in [0.1, 0.15) is 47.0 Å². The van der Waals surface area contributed by atoms with Gasteiger partial charge in [0, 0.05) is 6.04 Å². The number of hydrogen-bond donors (Lipinski definition) is 2. The predicted octanol–water partition coefficient (Wildman–Crippen LogP) is 1.35. The SMILES string of the molecule is CCNC(C)(CCCCN(C)C(C)C)C(N)=O. The van der Waals surface area contributed by atoms with E-state index in [4.69, 9.17) is 5.73 Å². The largest absolute Gasteiger partial charge is 0.368 e. The zero-order chi connectivity index (χ0) is 13.5. The van der Waals surface area contributed by atoms with Crippen LogP contribution in [0, 0.1) is 0 Å². The lowest BCUT2D eigenvalue weighted by Crippen LogP contribution is -2.53. The fourth-order valence-corrected chi connectivity index (χ4v) is 1.79. The maximum Gasteiger partial charge on any atom is 0.237 e. The number of hydrogen-bond acceptors (Lipinski definition) is 3. The number of amides is 1. The van der Waals surface area contributed by atoms with Gasteiger partial charge in [-0.1, -0.05) is 6.92 Å². The van der Waals surface area contributed by atoms with Crippen molar-refractivity contribution in [1.82, 2.24) is 10.2 Å². The van der Waals surface area contributed by atoms with Gasteiger partial charge in [0.1, 0.15) is 0 Å². The number of carbonyl (C=O) groups is 1. The maximum absolute atomic E-state index is 11.4. The summed E-state index contributed by atoms with van der Waals surface area (Å²) in [4.78, 5) is 13.7. The molecule has 0 aliphatic rings. The van der Waals surface area contributed by atoms with E-state index < -0.39 is 5.54 Å². The van der Waals surface area contributed by atoms with Crippen LogP contribution in [0.15, 0.2) is 0 Å². The molecule has 0 aromatic rings. The lowest BCUT2D eigenvalue weighted by atomic mass is 9.94. The summed E-state index contributed by atoms with van der Waals surface area (Å²) in [5.41, 5.74) is 4.88. The number of primary amides is 1. The van der Waals surface area contributed by atoms with Gasteiger partial charge in [-0.25, -0.2) is 0 Å². The van der Waals surface area contributed by atoms with Gasteiger partial charge in [0.2, 0.25) is 5.91 Å².